The zero-order valence-corrected chi connectivity index (χ0v) is 20.1. The first-order chi connectivity index (χ1) is 16.6. The Bertz CT molecular complexity index is 1510. The molecule has 180 valence electrons. The summed E-state index contributed by atoms with van der Waals surface area (Å²) in [6, 6.07) is 15.1. The molecule has 0 radical (unpaired) electrons. The number of anilines is 2. The van der Waals surface area contributed by atoms with E-state index in [9.17, 15) is 26.4 Å². The Hall–Kier alpha value is -3.70. The maximum atomic E-state index is 14.7. The van der Waals surface area contributed by atoms with Crippen LogP contribution in [0, 0.1) is 17.5 Å². The third-order valence-corrected chi connectivity index (χ3v) is 7.18. The molecule has 0 aliphatic carbocycles. The Morgan fingerprint density at radius 3 is 2.26 bits per heavy atom. The second-order valence-corrected chi connectivity index (χ2v) is 10.4. The van der Waals surface area contributed by atoms with Crippen molar-refractivity contribution in [3.05, 3.63) is 89.1 Å². The number of hydrogen-bond acceptors (Lipinski definition) is 5. The van der Waals surface area contributed by atoms with Crippen molar-refractivity contribution in [3.8, 4) is 22.4 Å². The number of nitrogens with zero attached hydrogens (tertiary/aromatic N) is 2. The van der Waals surface area contributed by atoms with Gasteiger partial charge in [-0.2, -0.15) is 0 Å². The number of amides is 1. The molecule has 0 bridgehead atoms. The summed E-state index contributed by atoms with van der Waals surface area (Å²) in [4.78, 5) is 16.8. The van der Waals surface area contributed by atoms with E-state index in [0.717, 1.165) is 28.0 Å². The van der Waals surface area contributed by atoms with Crippen LogP contribution in [0.5, 0.6) is 0 Å². The van der Waals surface area contributed by atoms with Gasteiger partial charge in [-0.15, -0.1) is 11.3 Å². The topological polar surface area (TPSA) is 79.4 Å². The number of nitrogens with one attached hydrogen (secondary N) is 1. The summed E-state index contributed by atoms with van der Waals surface area (Å²) in [5.41, 5.74) is 0.458. The van der Waals surface area contributed by atoms with Crippen LogP contribution >= 0.6 is 11.3 Å². The molecule has 4 rings (SSSR count). The van der Waals surface area contributed by atoms with E-state index in [4.69, 9.17) is 0 Å². The van der Waals surface area contributed by atoms with Gasteiger partial charge in [0.25, 0.3) is 5.91 Å². The Morgan fingerprint density at radius 1 is 0.971 bits per heavy atom. The van der Waals surface area contributed by atoms with E-state index in [1.807, 2.05) is 0 Å². The fourth-order valence-electron chi connectivity index (χ4n) is 3.29. The van der Waals surface area contributed by atoms with Gasteiger partial charge in [0.05, 0.1) is 17.6 Å². The number of thiazole rings is 1. The third-order valence-electron chi connectivity index (χ3n) is 5.22. The van der Waals surface area contributed by atoms with E-state index in [2.05, 4.69) is 10.3 Å². The number of aromatic nitrogens is 1. The van der Waals surface area contributed by atoms with Crippen molar-refractivity contribution in [2.45, 2.75) is 0 Å². The second kappa shape index (κ2) is 9.51. The summed E-state index contributed by atoms with van der Waals surface area (Å²) in [5, 5.41) is 3.96. The van der Waals surface area contributed by atoms with Crippen LogP contribution in [0.3, 0.4) is 0 Å². The fraction of sp³-hybridized carbons (Fsp3) is 0.0833. The highest BCUT2D eigenvalue weighted by Gasteiger charge is 2.25. The molecule has 0 fully saturated rings. The van der Waals surface area contributed by atoms with Crippen molar-refractivity contribution in [2.24, 2.45) is 0 Å². The van der Waals surface area contributed by atoms with Gasteiger partial charge in [-0.1, -0.05) is 42.5 Å². The molecule has 35 heavy (non-hydrogen) atoms. The molecule has 0 aliphatic rings. The number of benzene rings is 3. The van der Waals surface area contributed by atoms with E-state index >= 15 is 0 Å². The van der Waals surface area contributed by atoms with Gasteiger partial charge < -0.3 is 0 Å². The summed E-state index contributed by atoms with van der Waals surface area (Å²) < 4.78 is 68.4. The van der Waals surface area contributed by atoms with Crippen LogP contribution in [-0.2, 0) is 10.0 Å². The number of rotatable bonds is 6. The first kappa shape index (κ1) is 24.4. The largest absolute Gasteiger partial charge is 0.298 e. The molecule has 0 atom stereocenters. The molecule has 1 aromatic heterocycles. The minimum absolute atomic E-state index is 0.0497. The number of carbonyl (C=O) groups is 1. The van der Waals surface area contributed by atoms with Crippen LogP contribution in [0.4, 0.5) is 24.0 Å². The molecule has 4 aromatic rings. The van der Waals surface area contributed by atoms with Crippen molar-refractivity contribution in [3.63, 3.8) is 0 Å². The zero-order chi connectivity index (χ0) is 25.3. The second-order valence-electron chi connectivity index (χ2n) is 7.54. The minimum atomic E-state index is -3.41. The molecule has 1 heterocycles. The van der Waals surface area contributed by atoms with E-state index in [0.29, 0.717) is 16.9 Å². The van der Waals surface area contributed by atoms with Gasteiger partial charge in [0.2, 0.25) is 10.0 Å². The van der Waals surface area contributed by atoms with Crippen LogP contribution < -0.4 is 9.62 Å². The average molecular weight is 518 g/mol. The molecule has 1 amide bonds. The maximum Gasteiger partial charge on any atom is 0.263 e. The Morgan fingerprint density at radius 2 is 1.63 bits per heavy atom. The van der Waals surface area contributed by atoms with Crippen LogP contribution in [0.1, 0.15) is 10.4 Å². The lowest BCUT2D eigenvalue weighted by Gasteiger charge is -2.16. The van der Waals surface area contributed by atoms with Crippen LogP contribution in [-0.4, -0.2) is 32.6 Å². The first-order valence-electron chi connectivity index (χ1n) is 10.1. The standard InChI is InChI=1S/C24H18F3N3O3S2/c1-30(35(2,32)33)16-10-8-15(9-11-16)19-13-34-24(28-19)29-23(31)20-18(25)12-17(21(26)22(20)27)14-6-4-3-5-7-14/h3-13H,1-2H3,(H,28,29,31). The summed E-state index contributed by atoms with van der Waals surface area (Å²) in [6.07, 6.45) is 1.09. The van der Waals surface area contributed by atoms with Gasteiger partial charge in [0, 0.05) is 23.6 Å². The molecule has 0 aliphatic heterocycles. The Labute approximate surface area is 203 Å². The highest BCUT2D eigenvalue weighted by molar-refractivity contribution is 7.92. The van der Waals surface area contributed by atoms with E-state index < -0.39 is 38.9 Å². The Balaban J connectivity index is 1.55. The number of halogens is 3. The number of hydrogen-bond donors (Lipinski definition) is 1. The molecule has 0 saturated carbocycles. The van der Waals surface area contributed by atoms with Crippen molar-refractivity contribution in [2.75, 3.05) is 22.9 Å². The third kappa shape index (κ3) is 5.05. The maximum absolute atomic E-state index is 14.7. The lowest BCUT2D eigenvalue weighted by molar-refractivity contribution is 0.101. The molecular formula is C24H18F3N3O3S2. The van der Waals surface area contributed by atoms with Gasteiger partial charge in [-0.3, -0.25) is 14.4 Å². The number of carbonyl (C=O) groups excluding carboxylic acids is 1. The van der Waals surface area contributed by atoms with Gasteiger partial charge in [-0.05, 0) is 23.8 Å². The predicted molar refractivity (Wildman–Crippen MR) is 131 cm³/mol. The van der Waals surface area contributed by atoms with Crippen molar-refractivity contribution in [1.82, 2.24) is 4.98 Å². The quantitative estimate of drug-likeness (QED) is 0.341. The normalized spacial score (nSPS) is 11.3. The lowest BCUT2D eigenvalue weighted by Crippen LogP contribution is -2.24. The summed E-state index contributed by atoms with van der Waals surface area (Å²) in [7, 11) is -1.99. The fourth-order valence-corrected chi connectivity index (χ4v) is 4.51. The van der Waals surface area contributed by atoms with Crippen molar-refractivity contribution in [1.29, 1.82) is 0 Å². The summed E-state index contributed by atoms with van der Waals surface area (Å²) >= 11 is 1.01. The molecule has 11 heteroatoms. The highest BCUT2D eigenvalue weighted by Crippen LogP contribution is 2.30. The lowest BCUT2D eigenvalue weighted by atomic mass is 10.0. The molecule has 6 nitrogen and oxygen atoms in total. The van der Waals surface area contributed by atoms with Crippen LogP contribution in [0.25, 0.3) is 22.4 Å². The van der Waals surface area contributed by atoms with Crippen LogP contribution in [0.2, 0.25) is 0 Å². The molecule has 0 saturated heterocycles. The highest BCUT2D eigenvalue weighted by atomic mass is 32.2. The van der Waals surface area contributed by atoms with Gasteiger partial charge in [-0.25, -0.2) is 26.6 Å². The van der Waals surface area contributed by atoms with E-state index in [-0.39, 0.29) is 16.3 Å². The summed E-state index contributed by atoms with van der Waals surface area (Å²) in [5.74, 6) is -5.31. The molecule has 0 unspecified atom stereocenters. The van der Waals surface area contributed by atoms with Gasteiger partial charge in [0.1, 0.15) is 11.4 Å². The van der Waals surface area contributed by atoms with E-state index in [1.165, 1.54) is 19.2 Å². The summed E-state index contributed by atoms with van der Waals surface area (Å²) in [6.45, 7) is 0. The Kier molecular flexibility index (Phi) is 6.64. The molecule has 0 spiro atoms. The SMILES string of the molecule is CN(c1ccc(-c2csc(NC(=O)c3c(F)cc(-c4ccccc4)c(F)c3F)n2)cc1)S(C)(=O)=O. The zero-order valence-electron chi connectivity index (χ0n) is 18.4. The minimum Gasteiger partial charge on any atom is -0.298 e. The van der Waals surface area contributed by atoms with Gasteiger partial charge >= 0.3 is 0 Å². The van der Waals surface area contributed by atoms with Gasteiger partial charge in [0.15, 0.2) is 16.8 Å². The molecule has 1 N–H and O–H groups in total. The van der Waals surface area contributed by atoms with E-state index in [1.54, 1.807) is 47.8 Å². The first-order valence-corrected chi connectivity index (χ1v) is 12.8. The number of sulfonamides is 1. The molecular weight excluding hydrogens is 499 g/mol. The smallest absolute Gasteiger partial charge is 0.263 e. The molecule has 3 aromatic carbocycles. The average Bonchev–Trinajstić information content (AvgIpc) is 3.29. The monoisotopic (exact) mass is 517 g/mol. The van der Waals surface area contributed by atoms with Crippen molar-refractivity contribution < 1.29 is 26.4 Å². The van der Waals surface area contributed by atoms with Crippen LogP contribution in [0.15, 0.2) is 66.0 Å². The van der Waals surface area contributed by atoms with Crippen molar-refractivity contribution >= 4 is 38.1 Å². The predicted octanol–water partition coefficient (Wildman–Crippen LogP) is 5.54.